The number of aliphatic hydroxyl groups excluding tert-OH is 1. The normalized spacial score (nSPS) is 11.6. The lowest BCUT2D eigenvalue weighted by atomic mass is 10.3. The summed E-state index contributed by atoms with van der Waals surface area (Å²) in [5.41, 5.74) is 0.697. The summed E-state index contributed by atoms with van der Waals surface area (Å²) >= 11 is 0. The number of rotatable bonds is 6. The predicted molar refractivity (Wildman–Crippen MR) is 74.2 cm³/mol. The number of aliphatic hydroxyl groups is 1. The van der Waals surface area contributed by atoms with Crippen LogP contribution in [0.5, 0.6) is 5.88 Å². The third-order valence-corrected chi connectivity index (χ3v) is 4.35. The standard InChI is InChI=1S/C13H16N2O5S/c1-9-12(5-11(8-16)20-9)21(17,18)15-7-10-3-4-13(19-2)14-6-10/h3-6,15-16H,7-8H2,1-2H3. The first kappa shape index (κ1) is 15.5. The molecule has 0 aromatic carbocycles. The van der Waals surface area contributed by atoms with Crippen LogP contribution in [-0.4, -0.2) is 25.6 Å². The molecule has 2 aromatic heterocycles. The number of methoxy groups -OCH3 is 1. The molecule has 0 radical (unpaired) electrons. The lowest BCUT2D eigenvalue weighted by Gasteiger charge is -2.06. The van der Waals surface area contributed by atoms with Crippen molar-refractivity contribution in [2.24, 2.45) is 0 Å². The molecule has 2 N–H and O–H groups in total. The molecule has 0 bridgehead atoms. The summed E-state index contributed by atoms with van der Waals surface area (Å²) in [4.78, 5) is 4.02. The number of sulfonamides is 1. The Labute approximate surface area is 122 Å². The maximum atomic E-state index is 12.2. The first-order valence-electron chi connectivity index (χ1n) is 6.15. The van der Waals surface area contributed by atoms with Gasteiger partial charge >= 0.3 is 0 Å². The van der Waals surface area contributed by atoms with E-state index in [1.165, 1.54) is 26.3 Å². The first-order chi connectivity index (χ1) is 9.96. The molecule has 0 saturated carbocycles. The molecule has 0 saturated heterocycles. The van der Waals surface area contributed by atoms with Crippen LogP contribution in [0.3, 0.4) is 0 Å². The van der Waals surface area contributed by atoms with Crippen molar-refractivity contribution in [2.45, 2.75) is 25.0 Å². The molecule has 2 heterocycles. The Morgan fingerprint density at radius 2 is 2.19 bits per heavy atom. The summed E-state index contributed by atoms with van der Waals surface area (Å²) in [6.07, 6.45) is 1.53. The van der Waals surface area contributed by atoms with Gasteiger partial charge in [0.25, 0.3) is 0 Å². The third kappa shape index (κ3) is 3.60. The van der Waals surface area contributed by atoms with E-state index >= 15 is 0 Å². The van der Waals surface area contributed by atoms with Crippen molar-refractivity contribution in [1.82, 2.24) is 9.71 Å². The molecule has 0 atom stereocenters. The molecule has 7 nitrogen and oxygen atoms in total. The molecular formula is C13H16N2O5S. The lowest BCUT2D eigenvalue weighted by Crippen LogP contribution is -2.23. The Balaban J connectivity index is 2.11. The van der Waals surface area contributed by atoms with Gasteiger partial charge in [-0.05, 0) is 12.5 Å². The second-order valence-electron chi connectivity index (χ2n) is 4.32. The third-order valence-electron chi connectivity index (χ3n) is 2.84. The van der Waals surface area contributed by atoms with E-state index in [4.69, 9.17) is 14.3 Å². The van der Waals surface area contributed by atoms with Crippen molar-refractivity contribution in [2.75, 3.05) is 7.11 Å². The van der Waals surface area contributed by atoms with Crippen LogP contribution in [0.2, 0.25) is 0 Å². The highest BCUT2D eigenvalue weighted by molar-refractivity contribution is 7.89. The number of hydrogen-bond donors (Lipinski definition) is 2. The molecule has 21 heavy (non-hydrogen) atoms. The highest BCUT2D eigenvalue weighted by Crippen LogP contribution is 2.20. The molecule has 0 unspecified atom stereocenters. The molecule has 2 rings (SSSR count). The van der Waals surface area contributed by atoms with Crippen molar-refractivity contribution < 1.29 is 22.7 Å². The van der Waals surface area contributed by atoms with Gasteiger partial charge in [0.05, 0.1) is 7.11 Å². The molecule has 0 aliphatic carbocycles. The van der Waals surface area contributed by atoms with Gasteiger partial charge in [-0.2, -0.15) is 0 Å². The van der Waals surface area contributed by atoms with E-state index in [0.29, 0.717) is 11.4 Å². The number of aryl methyl sites for hydroxylation is 1. The number of nitrogens with one attached hydrogen (secondary N) is 1. The van der Waals surface area contributed by atoms with Crippen molar-refractivity contribution in [1.29, 1.82) is 0 Å². The number of ether oxygens (including phenoxy) is 1. The molecule has 8 heteroatoms. The van der Waals surface area contributed by atoms with Gasteiger partial charge in [0, 0.05) is 24.9 Å². The van der Waals surface area contributed by atoms with Crippen LogP contribution in [-0.2, 0) is 23.2 Å². The minimum absolute atomic E-state index is 0.0213. The van der Waals surface area contributed by atoms with Crippen LogP contribution in [0.25, 0.3) is 0 Å². The average Bonchev–Trinajstić information content (AvgIpc) is 2.88. The van der Waals surface area contributed by atoms with Gasteiger partial charge in [-0.15, -0.1) is 0 Å². The number of furan rings is 1. The highest BCUT2D eigenvalue weighted by atomic mass is 32.2. The molecule has 0 spiro atoms. The van der Waals surface area contributed by atoms with Crippen molar-refractivity contribution >= 4 is 10.0 Å². The first-order valence-corrected chi connectivity index (χ1v) is 7.63. The predicted octanol–water partition coefficient (Wildman–Crippen LogP) is 0.962. The summed E-state index contributed by atoms with van der Waals surface area (Å²) in [6, 6.07) is 4.68. The molecule has 0 amide bonds. The topological polar surface area (TPSA) is 102 Å². The van der Waals surface area contributed by atoms with Crippen LogP contribution < -0.4 is 9.46 Å². The minimum atomic E-state index is -3.71. The fourth-order valence-electron chi connectivity index (χ4n) is 1.76. The molecule has 114 valence electrons. The number of pyridine rings is 1. The van der Waals surface area contributed by atoms with Crippen LogP contribution in [0.4, 0.5) is 0 Å². The van der Waals surface area contributed by atoms with Crippen LogP contribution in [0, 0.1) is 6.92 Å². The van der Waals surface area contributed by atoms with E-state index in [0.717, 1.165) is 0 Å². The minimum Gasteiger partial charge on any atom is -0.481 e. The van der Waals surface area contributed by atoms with Crippen molar-refractivity contribution in [3.05, 3.63) is 41.5 Å². The van der Waals surface area contributed by atoms with Crippen LogP contribution in [0.1, 0.15) is 17.1 Å². The zero-order chi connectivity index (χ0) is 15.5. The number of hydrogen-bond acceptors (Lipinski definition) is 6. The second-order valence-corrected chi connectivity index (χ2v) is 6.06. The zero-order valence-electron chi connectivity index (χ0n) is 11.7. The summed E-state index contributed by atoms with van der Waals surface area (Å²) in [6.45, 7) is 1.28. The Bertz CT molecular complexity index is 707. The molecule has 0 aliphatic rings. The lowest BCUT2D eigenvalue weighted by molar-refractivity contribution is 0.244. The van der Waals surface area contributed by atoms with Crippen molar-refractivity contribution in [3.8, 4) is 5.88 Å². The van der Waals surface area contributed by atoms with Gasteiger partial charge in [-0.1, -0.05) is 6.07 Å². The smallest absolute Gasteiger partial charge is 0.244 e. The Kier molecular flexibility index (Phi) is 4.61. The molecule has 2 aromatic rings. The van der Waals surface area contributed by atoms with Crippen LogP contribution in [0.15, 0.2) is 33.7 Å². The fraction of sp³-hybridized carbons (Fsp3) is 0.308. The van der Waals surface area contributed by atoms with E-state index in [-0.39, 0.29) is 29.6 Å². The monoisotopic (exact) mass is 312 g/mol. The van der Waals surface area contributed by atoms with Gasteiger partial charge in [-0.25, -0.2) is 18.1 Å². The highest BCUT2D eigenvalue weighted by Gasteiger charge is 2.21. The summed E-state index contributed by atoms with van der Waals surface area (Å²) in [5, 5.41) is 8.97. The van der Waals surface area contributed by atoms with Gasteiger partial charge in [0.1, 0.15) is 23.0 Å². The maximum Gasteiger partial charge on any atom is 0.244 e. The summed E-state index contributed by atoms with van der Waals surface area (Å²) < 4.78 is 36.9. The second kappa shape index (κ2) is 6.25. The van der Waals surface area contributed by atoms with Gasteiger partial charge in [0.2, 0.25) is 15.9 Å². The van der Waals surface area contributed by atoms with E-state index in [1.807, 2.05) is 0 Å². The van der Waals surface area contributed by atoms with Crippen LogP contribution >= 0.6 is 0 Å². The van der Waals surface area contributed by atoms with Gasteiger partial charge in [-0.3, -0.25) is 0 Å². The van der Waals surface area contributed by atoms with E-state index in [2.05, 4.69) is 9.71 Å². The zero-order valence-corrected chi connectivity index (χ0v) is 12.5. The Hall–Kier alpha value is -1.90. The average molecular weight is 312 g/mol. The molecule has 0 fully saturated rings. The number of nitrogens with zero attached hydrogens (tertiary/aromatic N) is 1. The van der Waals surface area contributed by atoms with Crippen molar-refractivity contribution in [3.63, 3.8) is 0 Å². The molecular weight excluding hydrogens is 296 g/mol. The Morgan fingerprint density at radius 3 is 2.71 bits per heavy atom. The molecule has 0 aliphatic heterocycles. The SMILES string of the molecule is COc1ccc(CNS(=O)(=O)c2cc(CO)oc2C)cn1. The van der Waals surface area contributed by atoms with E-state index in [9.17, 15) is 8.42 Å². The number of aromatic nitrogens is 1. The van der Waals surface area contributed by atoms with E-state index in [1.54, 1.807) is 12.1 Å². The van der Waals surface area contributed by atoms with Gasteiger partial charge in [0.15, 0.2) is 0 Å². The Morgan fingerprint density at radius 1 is 1.43 bits per heavy atom. The summed E-state index contributed by atoms with van der Waals surface area (Å²) in [7, 11) is -2.20. The van der Waals surface area contributed by atoms with Gasteiger partial charge < -0.3 is 14.3 Å². The summed E-state index contributed by atoms with van der Waals surface area (Å²) in [5.74, 6) is 0.901. The van der Waals surface area contributed by atoms with E-state index < -0.39 is 10.0 Å². The fourth-order valence-corrected chi connectivity index (χ4v) is 2.98. The maximum absolute atomic E-state index is 12.2. The largest absolute Gasteiger partial charge is 0.481 e. The quantitative estimate of drug-likeness (QED) is 0.824.